The molecule has 5 heteroatoms. The van der Waals surface area contributed by atoms with E-state index < -0.39 is 0 Å². The first-order chi connectivity index (χ1) is 10.3. The summed E-state index contributed by atoms with van der Waals surface area (Å²) in [5.74, 6) is 0. The molecular weight excluding hydrogens is 282 g/mol. The molecule has 0 radical (unpaired) electrons. The molecule has 2 N–H and O–H groups in total. The number of hydrogen-bond donors (Lipinski definition) is 2. The van der Waals surface area contributed by atoms with Gasteiger partial charge in [0, 0.05) is 29.7 Å². The van der Waals surface area contributed by atoms with E-state index in [-0.39, 0.29) is 12.1 Å². The van der Waals surface area contributed by atoms with Gasteiger partial charge in [0.25, 0.3) is 0 Å². The number of carbonyl (C=O) groups is 1. The summed E-state index contributed by atoms with van der Waals surface area (Å²) in [6.07, 6.45) is 5.84. The Balaban J connectivity index is 1.47. The largest absolute Gasteiger partial charge is 0.338 e. The molecule has 21 heavy (non-hydrogen) atoms. The number of aromatic nitrogens is 1. The summed E-state index contributed by atoms with van der Waals surface area (Å²) in [4.78, 5) is 17.7. The summed E-state index contributed by atoms with van der Waals surface area (Å²) in [6.45, 7) is 0.603. The zero-order valence-corrected chi connectivity index (χ0v) is 12.7. The Hall–Kier alpha value is -1.88. The Labute approximate surface area is 128 Å². The number of urea groups is 1. The third kappa shape index (κ3) is 3.61. The van der Waals surface area contributed by atoms with E-state index in [1.54, 1.807) is 17.5 Å². The number of pyridine rings is 1. The van der Waals surface area contributed by atoms with Gasteiger partial charge in [-0.15, -0.1) is 11.3 Å². The molecule has 2 aromatic rings. The number of hydrogen-bond acceptors (Lipinski definition) is 3. The van der Waals surface area contributed by atoms with Crippen LogP contribution in [-0.2, 0) is 12.8 Å². The quantitative estimate of drug-likeness (QED) is 0.912. The maximum atomic E-state index is 12.0. The van der Waals surface area contributed by atoms with E-state index >= 15 is 0 Å². The third-order valence-corrected chi connectivity index (χ3v) is 4.75. The molecule has 1 unspecified atom stereocenters. The van der Waals surface area contributed by atoms with E-state index in [2.05, 4.69) is 27.1 Å². The molecule has 0 aromatic carbocycles. The number of carbonyl (C=O) groups excluding carboxylic acids is 1. The van der Waals surface area contributed by atoms with Crippen molar-refractivity contribution in [3.05, 3.63) is 52.0 Å². The minimum Gasteiger partial charge on any atom is -0.338 e. The lowest BCUT2D eigenvalue weighted by Gasteiger charge is -2.23. The Kier molecular flexibility index (Phi) is 4.50. The van der Waals surface area contributed by atoms with Crippen LogP contribution in [0.2, 0.25) is 0 Å². The van der Waals surface area contributed by atoms with Gasteiger partial charge in [0.1, 0.15) is 0 Å². The lowest BCUT2D eigenvalue weighted by molar-refractivity contribution is 0.235. The van der Waals surface area contributed by atoms with Gasteiger partial charge in [0.2, 0.25) is 0 Å². The number of fused-ring (bicyclic) bond motifs is 1. The molecule has 0 fully saturated rings. The van der Waals surface area contributed by atoms with Crippen LogP contribution in [-0.4, -0.2) is 17.6 Å². The topological polar surface area (TPSA) is 54.0 Å². The van der Waals surface area contributed by atoms with Gasteiger partial charge >= 0.3 is 6.03 Å². The number of aryl methyl sites for hydroxylation is 1. The molecule has 0 aliphatic heterocycles. The Morgan fingerprint density at radius 3 is 3.19 bits per heavy atom. The average molecular weight is 301 g/mol. The van der Waals surface area contributed by atoms with Gasteiger partial charge < -0.3 is 10.6 Å². The highest BCUT2D eigenvalue weighted by Crippen LogP contribution is 2.33. The van der Waals surface area contributed by atoms with E-state index in [0.29, 0.717) is 6.54 Å². The maximum absolute atomic E-state index is 12.0. The predicted molar refractivity (Wildman–Crippen MR) is 84.5 cm³/mol. The van der Waals surface area contributed by atoms with Crippen LogP contribution in [0.15, 0.2) is 35.8 Å². The molecule has 2 heterocycles. The fraction of sp³-hybridized carbons (Fsp3) is 0.375. The molecule has 0 bridgehead atoms. The summed E-state index contributed by atoms with van der Waals surface area (Å²) in [7, 11) is 0. The molecule has 0 saturated heterocycles. The molecule has 0 spiro atoms. The minimum atomic E-state index is -0.0880. The highest BCUT2D eigenvalue weighted by Gasteiger charge is 2.22. The lowest BCUT2D eigenvalue weighted by atomic mass is 9.94. The lowest BCUT2D eigenvalue weighted by Crippen LogP contribution is -2.39. The fourth-order valence-corrected chi connectivity index (χ4v) is 3.68. The predicted octanol–water partition coefficient (Wildman–Crippen LogP) is 3.06. The molecule has 110 valence electrons. The van der Waals surface area contributed by atoms with Gasteiger partial charge in [0.05, 0.1) is 6.04 Å². The number of nitrogens with one attached hydrogen (secondary N) is 2. The molecule has 2 aromatic heterocycles. The Morgan fingerprint density at radius 1 is 1.38 bits per heavy atom. The standard InChI is InChI=1S/C16H19N3OS/c20-16(18-10-7-12-4-1-2-9-17-12)19-14-5-3-6-15-13(14)8-11-21-15/h1-2,4,8-9,11,14H,3,5-7,10H2,(H2,18,19,20). The van der Waals surface area contributed by atoms with E-state index in [4.69, 9.17) is 0 Å². The number of rotatable bonds is 4. The van der Waals surface area contributed by atoms with Crippen molar-refractivity contribution in [1.29, 1.82) is 0 Å². The van der Waals surface area contributed by atoms with Crippen molar-refractivity contribution in [1.82, 2.24) is 15.6 Å². The fourth-order valence-electron chi connectivity index (χ4n) is 2.70. The maximum Gasteiger partial charge on any atom is 0.315 e. The van der Waals surface area contributed by atoms with Crippen molar-refractivity contribution in [3.63, 3.8) is 0 Å². The zero-order valence-electron chi connectivity index (χ0n) is 11.8. The van der Waals surface area contributed by atoms with E-state index in [0.717, 1.165) is 31.4 Å². The highest BCUT2D eigenvalue weighted by atomic mass is 32.1. The molecule has 2 amide bonds. The van der Waals surface area contributed by atoms with Gasteiger partial charge in [-0.25, -0.2) is 4.79 Å². The molecule has 1 aliphatic carbocycles. The van der Waals surface area contributed by atoms with Crippen LogP contribution in [0, 0.1) is 0 Å². The van der Waals surface area contributed by atoms with Crippen molar-refractivity contribution < 1.29 is 4.79 Å². The highest BCUT2D eigenvalue weighted by molar-refractivity contribution is 7.10. The molecule has 1 aliphatic rings. The molecular formula is C16H19N3OS. The van der Waals surface area contributed by atoms with Crippen LogP contribution >= 0.6 is 11.3 Å². The first kappa shape index (κ1) is 14.1. The second kappa shape index (κ2) is 6.72. The van der Waals surface area contributed by atoms with Gasteiger partial charge in [-0.2, -0.15) is 0 Å². The van der Waals surface area contributed by atoms with Gasteiger partial charge in [-0.05, 0) is 48.4 Å². The van der Waals surface area contributed by atoms with Crippen LogP contribution < -0.4 is 10.6 Å². The monoisotopic (exact) mass is 301 g/mol. The molecule has 1 atom stereocenters. The first-order valence-electron chi connectivity index (χ1n) is 7.33. The molecule has 3 rings (SSSR count). The van der Waals surface area contributed by atoms with Crippen LogP contribution in [0.5, 0.6) is 0 Å². The minimum absolute atomic E-state index is 0.0880. The summed E-state index contributed by atoms with van der Waals surface area (Å²) >= 11 is 1.79. The molecule has 4 nitrogen and oxygen atoms in total. The number of amides is 2. The Morgan fingerprint density at radius 2 is 2.33 bits per heavy atom. The summed E-state index contributed by atoms with van der Waals surface area (Å²) in [5, 5.41) is 8.11. The Bertz CT molecular complexity index is 597. The van der Waals surface area contributed by atoms with Crippen LogP contribution in [0.4, 0.5) is 4.79 Å². The summed E-state index contributed by atoms with van der Waals surface area (Å²) in [6, 6.07) is 8.04. The van der Waals surface area contributed by atoms with Crippen LogP contribution in [0.1, 0.15) is 35.0 Å². The third-order valence-electron chi connectivity index (χ3n) is 3.75. The second-order valence-corrected chi connectivity index (χ2v) is 6.22. The van der Waals surface area contributed by atoms with Gasteiger partial charge in [-0.1, -0.05) is 6.07 Å². The van der Waals surface area contributed by atoms with Crippen molar-refractivity contribution in [2.24, 2.45) is 0 Å². The van der Waals surface area contributed by atoms with Crippen molar-refractivity contribution in [2.45, 2.75) is 31.7 Å². The van der Waals surface area contributed by atoms with Gasteiger partial charge in [0.15, 0.2) is 0 Å². The van der Waals surface area contributed by atoms with Crippen molar-refractivity contribution in [3.8, 4) is 0 Å². The zero-order chi connectivity index (χ0) is 14.5. The van der Waals surface area contributed by atoms with Crippen molar-refractivity contribution in [2.75, 3.05) is 6.54 Å². The van der Waals surface area contributed by atoms with Crippen LogP contribution in [0.3, 0.4) is 0 Å². The first-order valence-corrected chi connectivity index (χ1v) is 8.21. The van der Waals surface area contributed by atoms with E-state index in [1.165, 1.54) is 10.4 Å². The SMILES string of the molecule is O=C(NCCc1ccccn1)NC1CCCc2sccc21. The van der Waals surface area contributed by atoms with Crippen molar-refractivity contribution >= 4 is 17.4 Å². The molecule has 0 saturated carbocycles. The van der Waals surface area contributed by atoms with E-state index in [1.807, 2.05) is 18.2 Å². The summed E-state index contributed by atoms with van der Waals surface area (Å²) < 4.78 is 0. The normalized spacial score (nSPS) is 17.0. The van der Waals surface area contributed by atoms with E-state index in [9.17, 15) is 4.79 Å². The second-order valence-electron chi connectivity index (χ2n) is 5.22. The van der Waals surface area contributed by atoms with Crippen LogP contribution in [0.25, 0.3) is 0 Å². The number of thiophene rings is 1. The number of nitrogens with zero attached hydrogens (tertiary/aromatic N) is 1. The average Bonchev–Trinajstić information content (AvgIpc) is 2.98. The summed E-state index contributed by atoms with van der Waals surface area (Å²) in [5.41, 5.74) is 2.29. The smallest absolute Gasteiger partial charge is 0.315 e. The van der Waals surface area contributed by atoms with Gasteiger partial charge in [-0.3, -0.25) is 4.98 Å².